The van der Waals surface area contributed by atoms with Crippen molar-refractivity contribution >= 4 is 33.2 Å². The SMILES string of the molecule is Cc1nn(-c2cc3c(cc2F)sc(=O)n3-c2ncc(C(F)(F)F)cc2Cl)c(=O)[nH]1. The minimum Gasteiger partial charge on any atom is -0.293 e. The van der Waals surface area contributed by atoms with Crippen molar-refractivity contribution in [2.75, 3.05) is 0 Å². The highest BCUT2D eigenvalue weighted by molar-refractivity contribution is 7.16. The molecule has 150 valence electrons. The number of aromatic amines is 1. The number of alkyl halides is 3. The lowest BCUT2D eigenvalue weighted by Gasteiger charge is -2.10. The van der Waals surface area contributed by atoms with Crippen molar-refractivity contribution in [1.82, 2.24) is 24.3 Å². The van der Waals surface area contributed by atoms with Gasteiger partial charge in [-0.05, 0) is 25.1 Å². The fourth-order valence-electron chi connectivity index (χ4n) is 2.73. The molecule has 0 saturated heterocycles. The van der Waals surface area contributed by atoms with Crippen LogP contribution in [0.15, 0.2) is 34.0 Å². The van der Waals surface area contributed by atoms with Gasteiger partial charge in [-0.2, -0.15) is 23.0 Å². The Bertz CT molecular complexity index is 1380. The molecule has 4 aromatic rings. The van der Waals surface area contributed by atoms with E-state index in [0.29, 0.717) is 23.6 Å². The van der Waals surface area contributed by atoms with Crippen LogP contribution in [0.1, 0.15) is 11.4 Å². The van der Waals surface area contributed by atoms with Gasteiger partial charge in [-0.25, -0.2) is 18.7 Å². The zero-order valence-corrected chi connectivity index (χ0v) is 15.8. The van der Waals surface area contributed by atoms with Gasteiger partial charge in [0.25, 0.3) is 0 Å². The van der Waals surface area contributed by atoms with Crippen molar-refractivity contribution in [1.29, 1.82) is 0 Å². The predicted molar refractivity (Wildman–Crippen MR) is 97.7 cm³/mol. The van der Waals surface area contributed by atoms with Gasteiger partial charge in [0, 0.05) is 6.20 Å². The third kappa shape index (κ3) is 3.23. The first-order chi connectivity index (χ1) is 13.6. The molecule has 1 aromatic carbocycles. The summed E-state index contributed by atoms with van der Waals surface area (Å²) in [5.41, 5.74) is -1.92. The van der Waals surface area contributed by atoms with Gasteiger partial charge in [-0.1, -0.05) is 22.9 Å². The smallest absolute Gasteiger partial charge is 0.293 e. The van der Waals surface area contributed by atoms with Crippen molar-refractivity contribution in [2.24, 2.45) is 0 Å². The summed E-state index contributed by atoms with van der Waals surface area (Å²) in [6.45, 7) is 1.50. The summed E-state index contributed by atoms with van der Waals surface area (Å²) in [7, 11) is 0. The summed E-state index contributed by atoms with van der Waals surface area (Å²) in [6, 6.07) is 2.85. The molecule has 13 heteroatoms. The van der Waals surface area contributed by atoms with E-state index in [4.69, 9.17) is 11.6 Å². The third-order valence-corrected chi connectivity index (χ3v) is 5.15. The van der Waals surface area contributed by atoms with E-state index in [1.54, 1.807) is 0 Å². The van der Waals surface area contributed by atoms with E-state index >= 15 is 0 Å². The number of pyridine rings is 1. The molecule has 0 amide bonds. The molecule has 0 bridgehead atoms. The number of thiazole rings is 1. The number of H-pyrrole nitrogens is 1. The van der Waals surface area contributed by atoms with Crippen LogP contribution in [-0.4, -0.2) is 24.3 Å². The van der Waals surface area contributed by atoms with Crippen molar-refractivity contribution < 1.29 is 17.6 Å². The first-order valence-corrected chi connectivity index (χ1v) is 9.00. The highest BCUT2D eigenvalue weighted by Gasteiger charge is 2.32. The molecule has 29 heavy (non-hydrogen) atoms. The maximum atomic E-state index is 14.5. The van der Waals surface area contributed by atoms with Crippen molar-refractivity contribution in [3.8, 4) is 11.5 Å². The van der Waals surface area contributed by atoms with E-state index in [2.05, 4.69) is 15.1 Å². The first-order valence-electron chi connectivity index (χ1n) is 7.81. The molecule has 0 radical (unpaired) electrons. The Balaban J connectivity index is 1.98. The zero-order valence-electron chi connectivity index (χ0n) is 14.2. The monoisotopic (exact) mass is 445 g/mol. The lowest BCUT2D eigenvalue weighted by atomic mass is 10.2. The van der Waals surface area contributed by atoms with Gasteiger partial charge in [-0.3, -0.25) is 9.78 Å². The summed E-state index contributed by atoms with van der Waals surface area (Å²) in [6.07, 6.45) is -4.12. The maximum absolute atomic E-state index is 14.5. The zero-order chi connectivity index (χ0) is 21.1. The topological polar surface area (TPSA) is 85.6 Å². The maximum Gasteiger partial charge on any atom is 0.417 e. The molecular weight excluding hydrogens is 438 g/mol. The number of nitrogens with zero attached hydrogens (tertiary/aromatic N) is 4. The number of hydrogen-bond donors (Lipinski definition) is 1. The van der Waals surface area contributed by atoms with Gasteiger partial charge in [0.1, 0.15) is 11.5 Å². The van der Waals surface area contributed by atoms with Crippen LogP contribution in [0, 0.1) is 12.7 Å². The molecule has 0 unspecified atom stereocenters. The number of aryl methyl sites for hydroxylation is 1. The molecule has 0 atom stereocenters. The number of fused-ring (bicyclic) bond motifs is 1. The van der Waals surface area contributed by atoms with Crippen LogP contribution in [0.5, 0.6) is 0 Å². The molecule has 0 spiro atoms. The van der Waals surface area contributed by atoms with E-state index in [1.807, 2.05) is 0 Å². The highest BCUT2D eigenvalue weighted by Crippen LogP contribution is 2.33. The molecule has 0 aliphatic heterocycles. The Hall–Kier alpha value is -2.99. The van der Waals surface area contributed by atoms with Crippen LogP contribution < -0.4 is 10.6 Å². The number of nitrogens with one attached hydrogen (secondary N) is 1. The highest BCUT2D eigenvalue weighted by atomic mass is 35.5. The summed E-state index contributed by atoms with van der Waals surface area (Å²) in [4.78, 5) is 29.8. The molecule has 7 nitrogen and oxygen atoms in total. The number of benzene rings is 1. The average Bonchev–Trinajstić information content (AvgIpc) is 3.10. The first kappa shape index (κ1) is 19.3. The summed E-state index contributed by atoms with van der Waals surface area (Å²) < 4.78 is 55.0. The Morgan fingerprint density at radius 1 is 1.21 bits per heavy atom. The summed E-state index contributed by atoms with van der Waals surface area (Å²) >= 11 is 6.60. The molecule has 0 fully saturated rings. The Kier molecular flexibility index (Phi) is 4.35. The Labute approximate surface area is 166 Å². The van der Waals surface area contributed by atoms with Crippen LogP contribution in [0.2, 0.25) is 5.02 Å². The minimum atomic E-state index is -4.66. The lowest BCUT2D eigenvalue weighted by Crippen LogP contribution is -2.18. The average molecular weight is 446 g/mol. The van der Waals surface area contributed by atoms with Gasteiger partial charge in [0.05, 0.1) is 20.8 Å². The summed E-state index contributed by atoms with van der Waals surface area (Å²) in [5.74, 6) is -0.824. The van der Waals surface area contributed by atoms with Crippen molar-refractivity contribution in [2.45, 2.75) is 13.1 Å². The second kappa shape index (κ2) is 6.52. The molecule has 0 saturated carbocycles. The van der Waals surface area contributed by atoms with E-state index in [-0.39, 0.29) is 27.5 Å². The number of hydrogen-bond acceptors (Lipinski definition) is 5. The molecule has 1 N–H and O–H groups in total. The molecule has 4 rings (SSSR count). The van der Waals surface area contributed by atoms with Crippen molar-refractivity contribution in [3.63, 3.8) is 0 Å². The van der Waals surface area contributed by atoms with Gasteiger partial charge < -0.3 is 0 Å². The molecule has 3 aromatic heterocycles. The number of rotatable bonds is 2. The molecule has 3 heterocycles. The molecule has 0 aliphatic carbocycles. The van der Waals surface area contributed by atoms with Crippen LogP contribution in [0.4, 0.5) is 17.6 Å². The number of halogens is 5. The van der Waals surface area contributed by atoms with E-state index in [0.717, 1.165) is 15.3 Å². The minimum absolute atomic E-state index is 0.109. The quantitative estimate of drug-likeness (QED) is 0.479. The predicted octanol–water partition coefficient (Wildman–Crippen LogP) is 3.44. The third-order valence-electron chi connectivity index (χ3n) is 3.97. The van der Waals surface area contributed by atoms with Crippen molar-refractivity contribution in [3.05, 3.63) is 66.8 Å². The second-order valence-corrected chi connectivity index (χ2v) is 7.33. The van der Waals surface area contributed by atoms with E-state index in [9.17, 15) is 27.2 Å². The van der Waals surface area contributed by atoms with Crippen LogP contribution in [-0.2, 0) is 6.18 Å². The van der Waals surface area contributed by atoms with E-state index in [1.165, 1.54) is 13.0 Å². The number of aromatic nitrogens is 5. The molecular formula is C16H8ClF4N5O2S. The van der Waals surface area contributed by atoms with E-state index < -0.39 is 33.1 Å². The Morgan fingerprint density at radius 3 is 2.52 bits per heavy atom. The van der Waals surface area contributed by atoms with Gasteiger partial charge >= 0.3 is 16.7 Å². The van der Waals surface area contributed by atoms with Crippen LogP contribution >= 0.6 is 22.9 Å². The lowest BCUT2D eigenvalue weighted by molar-refractivity contribution is -0.137. The fraction of sp³-hybridized carbons (Fsp3) is 0.125. The fourth-order valence-corrected chi connectivity index (χ4v) is 3.86. The van der Waals surface area contributed by atoms with Gasteiger partial charge in [-0.15, -0.1) is 0 Å². The Morgan fingerprint density at radius 2 is 1.93 bits per heavy atom. The summed E-state index contributed by atoms with van der Waals surface area (Å²) in [5, 5.41) is 3.46. The van der Waals surface area contributed by atoms with Gasteiger partial charge in [0.15, 0.2) is 11.6 Å². The van der Waals surface area contributed by atoms with Crippen LogP contribution in [0.25, 0.3) is 21.7 Å². The molecule has 0 aliphatic rings. The normalized spacial score (nSPS) is 12.1. The largest absolute Gasteiger partial charge is 0.417 e. The second-order valence-electron chi connectivity index (χ2n) is 5.93. The van der Waals surface area contributed by atoms with Gasteiger partial charge in [0.2, 0.25) is 0 Å². The standard InChI is InChI=1S/C16H8ClF4N5O2S/c1-6-23-14(27)26(24-6)10-4-11-12(3-9(10)18)29-15(28)25(11)13-8(17)2-7(5-22-13)16(19,20)21/h2-5H,1H3,(H,23,24,27). The van der Waals surface area contributed by atoms with Crippen LogP contribution in [0.3, 0.4) is 0 Å².